The van der Waals surface area contributed by atoms with Crippen molar-refractivity contribution in [3.63, 3.8) is 0 Å². The van der Waals surface area contributed by atoms with Gasteiger partial charge in [-0.25, -0.2) is 9.97 Å². The molecule has 112 valence electrons. The highest BCUT2D eigenvalue weighted by molar-refractivity contribution is 5.47. The third kappa shape index (κ3) is 3.39. The van der Waals surface area contributed by atoms with Crippen LogP contribution in [0.2, 0.25) is 0 Å². The van der Waals surface area contributed by atoms with Crippen LogP contribution in [0.15, 0.2) is 6.07 Å². The number of ether oxygens (including phenoxy) is 1. The van der Waals surface area contributed by atoms with Crippen molar-refractivity contribution in [1.82, 2.24) is 9.97 Å². The van der Waals surface area contributed by atoms with E-state index in [4.69, 9.17) is 4.74 Å². The fraction of sp³-hybridized carbons (Fsp3) is 0.733. The van der Waals surface area contributed by atoms with Crippen molar-refractivity contribution in [1.29, 1.82) is 0 Å². The highest BCUT2D eigenvalue weighted by Crippen LogP contribution is 2.32. The summed E-state index contributed by atoms with van der Waals surface area (Å²) in [7, 11) is 1.87. The molecular formula is C15H26N4O. The van der Waals surface area contributed by atoms with Crippen molar-refractivity contribution in [3.05, 3.63) is 11.9 Å². The molecule has 1 aliphatic heterocycles. The number of hydrogen-bond donors (Lipinski definition) is 2. The zero-order valence-electron chi connectivity index (χ0n) is 13.0. The van der Waals surface area contributed by atoms with Crippen LogP contribution >= 0.6 is 0 Å². The van der Waals surface area contributed by atoms with Crippen molar-refractivity contribution in [3.8, 4) is 0 Å². The monoisotopic (exact) mass is 278 g/mol. The van der Waals surface area contributed by atoms with Gasteiger partial charge in [-0.3, -0.25) is 0 Å². The number of aromatic nitrogens is 2. The van der Waals surface area contributed by atoms with E-state index in [-0.39, 0.29) is 5.60 Å². The van der Waals surface area contributed by atoms with Gasteiger partial charge in [-0.05, 0) is 32.6 Å². The van der Waals surface area contributed by atoms with E-state index in [1.807, 2.05) is 20.0 Å². The van der Waals surface area contributed by atoms with Crippen LogP contribution < -0.4 is 10.6 Å². The molecule has 1 saturated heterocycles. The summed E-state index contributed by atoms with van der Waals surface area (Å²) in [6.07, 6.45) is 4.19. The van der Waals surface area contributed by atoms with Gasteiger partial charge in [-0.2, -0.15) is 0 Å². The molecule has 1 aliphatic rings. The fourth-order valence-electron chi connectivity index (χ4n) is 2.87. The molecule has 1 unspecified atom stereocenters. The lowest BCUT2D eigenvalue weighted by Gasteiger charge is -2.40. The van der Waals surface area contributed by atoms with Gasteiger partial charge >= 0.3 is 0 Å². The lowest BCUT2D eigenvalue weighted by molar-refractivity contribution is -0.0864. The van der Waals surface area contributed by atoms with Crippen molar-refractivity contribution in [2.45, 2.75) is 58.1 Å². The van der Waals surface area contributed by atoms with E-state index in [1.165, 1.54) is 0 Å². The van der Waals surface area contributed by atoms with Crippen LogP contribution in [0.1, 0.15) is 45.4 Å². The molecule has 2 N–H and O–H groups in total. The summed E-state index contributed by atoms with van der Waals surface area (Å²) in [5.74, 6) is 2.53. The minimum Gasteiger partial charge on any atom is -0.375 e. The summed E-state index contributed by atoms with van der Waals surface area (Å²) in [5.41, 5.74) is 0.0316. The molecule has 0 bridgehead atoms. The van der Waals surface area contributed by atoms with Gasteiger partial charge in [0.1, 0.15) is 17.5 Å². The van der Waals surface area contributed by atoms with Crippen molar-refractivity contribution >= 4 is 11.6 Å². The number of anilines is 2. The molecule has 20 heavy (non-hydrogen) atoms. The van der Waals surface area contributed by atoms with Gasteiger partial charge in [-0.1, -0.05) is 13.8 Å². The first kappa shape index (κ1) is 15.0. The highest BCUT2D eigenvalue weighted by Gasteiger charge is 2.34. The Morgan fingerprint density at radius 3 is 2.65 bits per heavy atom. The average Bonchev–Trinajstić information content (AvgIpc) is 2.46. The second-order valence-electron chi connectivity index (χ2n) is 5.51. The minimum absolute atomic E-state index is 0.0316. The van der Waals surface area contributed by atoms with Crippen LogP contribution in [0, 0.1) is 6.92 Å². The largest absolute Gasteiger partial charge is 0.375 e. The van der Waals surface area contributed by atoms with Gasteiger partial charge in [0.25, 0.3) is 0 Å². The van der Waals surface area contributed by atoms with Gasteiger partial charge in [0.15, 0.2) is 0 Å². The first-order valence-corrected chi connectivity index (χ1v) is 7.54. The molecule has 1 aromatic rings. The SMILES string of the molecule is CCC1(CC)CC(Nc2cc(NC)nc(C)n2)CCO1. The Labute approximate surface area is 121 Å². The maximum absolute atomic E-state index is 6.02. The maximum atomic E-state index is 6.02. The van der Waals surface area contributed by atoms with Crippen LogP contribution in [0.4, 0.5) is 11.6 Å². The number of nitrogens with one attached hydrogen (secondary N) is 2. The van der Waals surface area contributed by atoms with E-state index >= 15 is 0 Å². The Kier molecular flexibility index (Phi) is 4.81. The van der Waals surface area contributed by atoms with Gasteiger partial charge < -0.3 is 15.4 Å². The zero-order chi connectivity index (χ0) is 14.6. The van der Waals surface area contributed by atoms with E-state index < -0.39 is 0 Å². The van der Waals surface area contributed by atoms with Crippen LogP contribution in [-0.2, 0) is 4.74 Å². The predicted octanol–water partition coefficient (Wildman–Crippen LogP) is 2.98. The van der Waals surface area contributed by atoms with Crippen LogP contribution in [0.3, 0.4) is 0 Å². The van der Waals surface area contributed by atoms with Gasteiger partial charge in [0, 0.05) is 25.8 Å². The molecule has 5 heteroatoms. The van der Waals surface area contributed by atoms with Gasteiger partial charge in [-0.15, -0.1) is 0 Å². The van der Waals surface area contributed by atoms with Crippen molar-refractivity contribution in [2.24, 2.45) is 0 Å². The topological polar surface area (TPSA) is 59.1 Å². The van der Waals surface area contributed by atoms with Crippen molar-refractivity contribution in [2.75, 3.05) is 24.3 Å². The molecule has 1 aromatic heterocycles. The quantitative estimate of drug-likeness (QED) is 0.867. The first-order chi connectivity index (χ1) is 9.60. The molecular weight excluding hydrogens is 252 g/mol. The number of aryl methyl sites for hydroxylation is 1. The maximum Gasteiger partial charge on any atom is 0.132 e. The summed E-state index contributed by atoms with van der Waals surface area (Å²) in [4.78, 5) is 8.79. The van der Waals surface area contributed by atoms with E-state index in [9.17, 15) is 0 Å². The molecule has 5 nitrogen and oxygen atoms in total. The molecule has 0 radical (unpaired) electrons. The molecule has 0 amide bonds. The summed E-state index contributed by atoms with van der Waals surface area (Å²) in [6, 6.07) is 2.38. The molecule has 2 rings (SSSR count). The van der Waals surface area contributed by atoms with E-state index in [1.54, 1.807) is 0 Å². The van der Waals surface area contributed by atoms with Gasteiger partial charge in [0.2, 0.25) is 0 Å². The van der Waals surface area contributed by atoms with Gasteiger partial charge in [0.05, 0.1) is 5.60 Å². The lowest BCUT2D eigenvalue weighted by atomic mass is 9.86. The number of hydrogen-bond acceptors (Lipinski definition) is 5. The predicted molar refractivity (Wildman–Crippen MR) is 82.2 cm³/mol. The molecule has 0 aliphatic carbocycles. The lowest BCUT2D eigenvalue weighted by Crippen LogP contribution is -2.43. The second kappa shape index (κ2) is 6.39. The Morgan fingerprint density at radius 1 is 1.30 bits per heavy atom. The third-order valence-corrected chi connectivity index (χ3v) is 4.23. The summed E-state index contributed by atoms with van der Waals surface area (Å²) in [5, 5.41) is 6.62. The Balaban J connectivity index is 2.08. The Morgan fingerprint density at radius 2 is 2.00 bits per heavy atom. The summed E-state index contributed by atoms with van der Waals surface area (Å²) in [6.45, 7) is 7.15. The molecule has 2 heterocycles. The van der Waals surface area contributed by atoms with Crippen LogP contribution in [-0.4, -0.2) is 35.3 Å². The van der Waals surface area contributed by atoms with E-state index in [2.05, 4.69) is 34.4 Å². The zero-order valence-corrected chi connectivity index (χ0v) is 13.0. The Bertz CT molecular complexity index is 445. The smallest absolute Gasteiger partial charge is 0.132 e. The third-order valence-electron chi connectivity index (χ3n) is 4.23. The van der Waals surface area contributed by atoms with Crippen molar-refractivity contribution < 1.29 is 4.74 Å². The molecule has 0 aromatic carbocycles. The first-order valence-electron chi connectivity index (χ1n) is 7.54. The number of rotatable bonds is 5. The molecule has 0 saturated carbocycles. The standard InChI is InChI=1S/C15H26N4O/c1-5-15(6-2)10-12(7-8-20-15)19-14-9-13(16-4)17-11(3)18-14/h9,12H,5-8,10H2,1-4H3,(H2,16,17,18,19). The van der Waals surface area contributed by atoms with E-state index in [0.717, 1.165) is 49.8 Å². The number of nitrogens with zero attached hydrogens (tertiary/aromatic N) is 2. The Hall–Kier alpha value is -1.36. The minimum atomic E-state index is 0.0316. The normalized spacial score (nSPS) is 21.5. The molecule has 1 atom stereocenters. The van der Waals surface area contributed by atoms with Crippen LogP contribution in [0.25, 0.3) is 0 Å². The molecule has 1 fully saturated rings. The average molecular weight is 278 g/mol. The second-order valence-corrected chi connectivity index (χ2v) is 5.51. The summed E-state index contributed by atoms with van der Waals surface area (Å²) >= 11 is 0. The fourth-order valence-corrected chi connectivity index (χ4v) is 2.87. The van der Waals surface area contributed by atoms with E-state index in [0.29, 0.717) is 6.04 Å². The molecule has 0 spiro atoms. The van der Waals surface area contributed by atoms with Crippen LogP contribution in [0.5, 0.6) is 0 Å². The summed E-state index contributed by atoms with van der Waals surface area (Å²) < 4.78 is 6.02. The highest BCUT2D eigenvalue weighted by atomic mass is 16.5.